The molecule has 9 nitrogen and oxygen atoms in total. The lowest BCUT2D eigenvalue weighted by Gasteiger charge is -2.31. The Morgan fingerprint density at radius 3 is 2.45 bits per heavy atom. The van der Waals surface area contributed by atoms with Gasteiger partial charge in [-0.3, -0.25) is 4.68 Å². The fourth-order valence-corrected chi connectivity index (χ4v) is 2.91. The molecule has 1 aliphatic rings. The monoisotopic (exact) mass is 401 g/mol. The van der Waals surface area contributed by atoms with Crippen LogP contribution in [0, 0.1) is 6.92 Å². The summed E-state index contributed by atoms with van der Waals surface area (Å²) in [6.07, 6.45) is 1.90. The van der Waals surface area contributed by atoms with E-state index in [1.165, 1.54) is 14.2 Å². The number of hydrogen-bond donors (Lipinski definition) is 0. The Labute approximate surface area is 168 Å². The Kier molecular flexibility index (Phi) is 6.50. The molecule has 0 fully saturated rings. The van der Waals surface area contributed by atoms with Crippen LogP contribution in [0.2, 0.25) is 0 Å². The lowest BCUT2D eigenvalue weighted by Crippen LogP contribution is -2.38. The van der Waals surface area contributed by atoms with Crippen molar-refractivity contribution in [1.82, 2.24) is 9.78 Å². The highest BCUT2D eigenvalue weighted by Gasteiger charge is 2.32. The first-order valence-electron chi connectivity index (χ1n) is 9.01. The minimum absolute atomic E-state index is 0.0261. The van der Waals surface area contributed by atoms with Crippen molar-refractivity contribution in [3.05, 3.63) is 53.5 Å². The third kappa shape index (κ3) is 4.75. The summed E-state index contributed by atoms with van der Waals surface area (Å²) in [5.41, 5.74) is 1.83. The van der Waals surface area contributed by atoms with Crippen molar-refractivity contribution in [2.45, 2.75) is 13.5 Å². The lowest BCUT2D eigenvalue weighted by atomic mass is 10.1. The summed E-state index contributed by atoms with van der Waals surface area (Å²) >= 11 is 0. The van der Waals surface area contributed by atoms with E-state index < -0.39 is 11.9 Å². The maximum absolute atomic E-state index is 12.3. The Morgan fingerprint density at radius 2 is 1.83 bits per heavy atom. The molecule has 154 valence electrons. The third-order valence-corrected chi connectivity index (χ3v) is 4.34. The van der Waals surface area contributed by atoms with Gasteiger partial charge in [0.05, 0.1) is 38.6 Å². The number of carbonyl (C=O) groups is 2. The highest BCUT2D eigenvalue weighted by molar-refractivity contribution is 6.03. The smallest absolute Gasteiger partial charge is 0.355 e. The van der Waals surface area contributed by atoms with Gasteiger partial charge in [-0.2, -0.15) is 5.10 Å². The van der Waals surface area contributed by atoms with Crippen molar-refractivity contribution in [3.8, 4) is 5.75 Å². The van der Waals surface area contributed by atoms with Gasteiger partial charge in [0.25, 0.3) is 0 Å². The maximum atomic E-state index is 12.3. The molecule has 2 heterocycles. The highest BCUT2D eigenvalue weighted by Crippen LogP contribution is 2.28. The van der Waals surface area contributed by atoms with E-state index in [1.807, 2.05) is 23.9 Å². The first kappa shape index (κ1) is 20.4. The molecule has 0 saturated carbocycles. The quantitative estimate of drug-likeness (QED) is 0.647. The summed E-state index contributed by atoms with van der Waals surface area (Å²) in [5, 5.41) is 4.31. The number of rotatable bonds is 7. The largest absolute Gasteiger partial charge is 0.492 e. The highest BCUT2D eigenvalue weighted by atomic mass is 16.5. The standard InChI is InChI=1S/C20H23N3O6/c1-14-8-9-22(21-14)10-11-29-16-6-4-15(5-7-16)23-13-28-12-17(19(24)26-2)18(23)20(25)27-3/h4-9H,10-13H2,1-3H3. The molecule has 0 saturated heterocycles. The fourth-order valence-electron chi connectivity index (χ4n) is 2.91. The Bertz CT molecular complexity index is 903. The molecule has 1 aromatic carbocycles. The Hall–Kier alpha value is -3.33. The van der Waals surface area contributed by atoms with Gasteiger partial charge in [-0.05, 0) is 37.3 Å². The molecule has 0 radical (unpaired) electrons. The van der Waals surface area contributed by atoms with Crippen molar-refractivity contribution in [3.63, 3.8) is 0 Å². The number of ether oxygens (including phenoxy) is 4. The van der Waals surface area contributed by atoms with Gasteiger partial charge >= 0.3 is 11.9 Å². The van der Waals surface area contributed by atoms with E-state index in [0.29, 0.717) is 24.6 Å². The van der Waals surface area contributed by atoms with Gasteiger partial charge in [0, 0.05) is 11.9 Å². The molecule has 0 bridgehead atoms. The molecule has 2 aromatic rings. The van der Waals surface area contributed by atoms with Gasteiger partial charge in [-0.15, -0.1) is 0 Å². The molecule has 29 heavy (non-hydrogen) atoms. The predicted octanol–water partition coefficient (Wildman–Crippen LogP) is 1.66. The lowest BCUT2D eigenvalue weighted by molar-refractivity contribution is -0.140. The van der Waals surface area contributed by atoms with Gasteiger partial charge in [0.2, 0.25) is 0 Å². The molecule has 0 spiro atoms. The van der Waals surface area contributed by atoms with Crippen LogP contribution in [-0.2, 0) is 30.3 Å². The molecular formula is C20H23N3O6. The minimum Gasteiger partial charge on any atom is -0.492 e. The number of nitrogens with zero attached hydrogens (tertiary/aromatic N) is 3. The summed E-state index contributed by atoms with van der Waals surface area (Å²) in [7, 11) is 2.51. The van der Waals surface area contributed by atoms with Crippen molar-refractivity contribution in [2.24, 2.45) is 0 Å². The molecule has 0 unspecified atom stereocenters. The number of aryl methyl sites for hydroxylation is 1. The van der Waals surface area contributed by atoms with E-state index >= 15 is 0 Å². The number of aromatic nitrogens is 2. The van der Waals surface area contributed by atoms with E-state index in [2.05, 4.69) is 5.10 Å². The second-order valence-corrected chi connectivity index (χ2v) is 6.28. The van der Waals surface area contributed by atoms with Crippen LogP contribution >= 0.6 is 0 Å². The average Bonchev–Trinajstić information content (AvgIpc) is 3.17. The topological polar surface area (TPSA) is 92.1 Å². The molecule has 0 aliphatic carbocycles. The molecule has 3 rings (SSSR count). The Balaban J connectivity index is 1.73. The van der Waals surface area contributed by atoms with Crippen molar-refractivity contribution in [1.29, 1.82) is 0 Å². The molecule has 1 aliphatic heterocycles. The summed E-state index contributed by atoms with van der Waals surface area (Å²) in [6, 6.07) is 9.06. The van der Waals surface area contributed by atoms with Crippen LogP contribution in [-0.4, -0.2) is 55.9 Å². The fraction of sp³-hybridized carbons (Fsp3) is 0.350. The van der Waals surface area contributed by atoms with Gasteiger partial charge < -0.3 is 23.8 Å². The number of esters is 2. The summed E-state index contributed by atoms with van der Waals surface area (Å²) in [6.45, 7) is 3.11. The van der Waals surface area contributed by atoms with E-state index in [1.54, 1.807) is 29.2 Å². The number of anilines is 1. The summed E-state index contributed by atoms with van der Waals surface area (Å²) in [4.78, 5) is 25.9. The van der Waals surface area contributed by atoms with E-state index in [4.69, 9.17) is 18.9 Å². The van der Waals surface area contributed by atoms with E-state index in [-0.39, 0.29) is 24.6 Å². The molecule has 9 heteroatoms. The van der Waals surface area contributed by atoms with Crippen LogP contribution < -0.4 is 9.64 Å². The maximum Gasteiger partial charge on any atom is 0.355 e. The van der Waals surface area contributed by atoms with Gasteiger partial charge in [0.1, 0.15) is 24.8 Å². The zero-order valence-electron chi connectivity index (χ0n) is 16.6. The number of methoxy groups -OCH3 is 2. The Morgan fingerprint density at radius 1 is 1.10 bits per heavy atom. The molecule has 0 N–H and O–H groups in total. The van der Waals surface area contributed by atoms with Gasteiger partial charge in [-0.1, -0.05) is 0 Å². The predicted molar refractivity (Wildman–Crippen MR) is 103 cm³/mol. The van der Waals surface area contributed by atoms with Crippen LogP contribution in [0.15, 0.2) is 47.8 Å². The second kappa shape index (κ2) is 9.24. The van der Waals surface area contributed by atoms with Crippen LogP contribution in [0.4, 0.5) is 5.69 Å². The minimum atomic E-state index is -0.636. The average molecular weight is 401 g/mol. The van der Waals surface area contributed by atoms with Gasteiger partial charge in [-0.25, -0.2) is 9.59 Å². The van der Waals surface area contributed by atoms with Crippen molar-refractivity contribution < 1.29 is 28.5 Å². The first-order chi connectivity index (χ1) is 14.0. The molecule has 0 atom stereocenters. The first-order valence-corrected chi connectivity index (χ1v) is 9.01. The molecular weight excluding hydrogens is 378 g/mol. The number of carbonyl (C=O) groups excluding carboxylic acids is 2. The molecule has 0 amide bonds. The molecule has 1 aromatic heterocycles. The van der Waals surface area contributed by atoms with E-state index in [0.717, 1.165) is 5.69 Å². The van der Waals surface area contributed by atoms with Crippen LogP contribution in [0.3, 0.4) is 0 Å². The van der Waals surface area contributed by atoms with Crippen LogP contribution in [0.5, 0.6) is 5.75 Å². The normalized spacial score (nSPS) is 14.0. The zero-order chi connectivity index (χ0) is 20.8. The zero-order valence-corrected chi connectivity index (χ0v) is 16.6. The van der Waals surface area contributed by atoms with Gasteiger partial charge in [0.15, 0.2) is 0 Å². The third-order valence-electron chi connectivity index (χ3n) is 4.34. The summed E-state index contributed by atoms with van der Waals surface area (Å²) < 4.78 is 22.6. The number of benzene rings is 1. The number of hydrogen-bond acceptors (Lipinski definition) is 8. The SMILES string of the molecule is COC(=O)C1=C(C(=O)OC)N(c2ccc(OCCn3ccc(C)n3)cc2)COC1. The summed E-state index contributed by atoms with van der Waals surface area (Å²) in [5.74, 6) is -0.597. The van der Waals surface area contributed by atoms with Crippen molar-refractivity contribution in [2.75, 3.05) is 39.1 Å². The van der Waals surface area contributed by atoms with Crippen LogP contribution in [0.1, 0.15) is 5.69 Å². The second-order valence-electron chi connectivity index (χ2n) is 6.28. The van der Waals surface area contributed by atoms with Crippen LogP contribution in [0.25, 0.3) is 0 Å². The van der Waals surface area contributed by atoms with E-state index in [9.17, 15) is 9.59 Å². The van der Waals surface area contributed by atoms with Crippen molar-refractivity contribution >= 4 is 17.6 Å².